The molecule has 5 heterocycles. The Labute approximate surface area is 342 Å². The normalized spacial score (nSPS) is 13.8. The molecule has 1 fully saturated rings. The number of hydrogen-bond donors (Lipinski definition) is 5. The predicted octanol–water partition coefficient (Wildman–Crippen LogP) is 7.12. The molecule has 1 aromatic carbocycles. The number of rotatable bonds is 5. The van der Waals surface area contributed by atoms with E-state index in [-0.39, 0.29) is 5.91 Å². The van der Waals surface area contributed by atoms with Crippen molar-refractivity contribution in [2.24, 2.45) is 5.92 Å². The molecule has 6 rings (SSSR count). The van der Waals surface area contributed by atoms with Crippen LogP contribution in [0.3, 0.4) is 0 Å². The molecule has 6 bridgehead atoms. The third-order valence-corrected chi connectivity index (χ3v) is 8.27. The molecule has 4 aromatic rings. The summed E-state index contributed by atoms with van der Waals surface area (Å²) in [6.45, 7) is 2.06. The van der Waals surface area contributed by atoms with Crippen molar-refractivity contribution in [2.75, 3.05) is 30.3 Å². The number of nitrogens with zero attached hydrogens (tertiary/aromatic N) is 6. The molecule has 2 aliphatic rings. The first kappa shape index (κ1) is 48.8. The monoisotopic (exact) mass is 898 g/mol. The Balaban J connectivity index is 0.000000390. The van der Waals surface area contributed by atoms with Crippen molar-refractivity contribution in [3.63, 3.8) is 0 Å². The van der Waals surface area contributed by atoms with Crippen molar-refractivity contribution < 1.29 is 78.7 Å². The summed E-state index contributed by atoms with van der Waals surface area (Å²) < 4.78 is 102. The number of nitrogens with one attached hydrogen (secondary N) is 2. The second-order valence-corrected chi connectivity index (χ2v) is 12.8. The van der Waals surface area contributed by atoms with E-state index >= 15 is 0 Å². The standard InChI is InChI=1S/C29H29ClN8O2.3C2HF3O2/c30-24-17-34-29-36-23-13-20(15-32-16-23)1-2-21-14-22(35-27(24)37-29)3-4-26(21)40-12-7-19-5-10-38(11-6-19)28(39)25-18-31-8-9-33-25;3*3-2(4,5)1(6)7/h3-4,8-9,13-19H,1-2,5-7,10-12H2,(H2,34,35,36,37);3*(H,6,7). The van der Waals surface area contributed by atoms with Crippen LogP contribution in [0.5, 0.6) is 5.75 Å². The highest BCUT2D eigenvalue weighted by Crippen LogP contribution is 2.31. The molecule has 26 heteroatoms. The first-order valence-electron chi connectivity index (χ1n) is 17.2. The van der Waals surface area contributed by atoms with Gasteiger partial charge in [0, 0.05) is 37.4 Å². The van der Waals surface area contributed by atoms with E-state index in [1.807, 2.05) is 23.2 Å². The van der Waals surface area contributed by atoms with E-state index < -0.39 is 36.4 Å². The van der Waals surface area contributed by atoms with E-state index in [1.165, 1.54) is 6.20 Å². The van der Waals surface area contributed by atoms with Crippen molar-refractivity contribution >= 4 is 58.6 Å². The number of benzene rings is 1. The van der Waals surface area contributed by atoms with E-state index in [4.69, 9.17) is 46.0 Å². The molecule has 3 aromatic heterocycles. The van der Waals surface area contributed by atoms with Crippen LogP contribution in [-0.2, 0) is 27.2 Å². The van der Waals surface area contributed by atoms with Gasteiger partial charge < -0.3 is 35.6 Å². The number of anilines is 4. The average Bonchev–Trinajstić information content (AvgIpc) is 3.19. The Kier molecular flexibility index (Phi) is 17.3. The fourth-order valence-corrected chi connectivity index (χ4v) is 5.22. The van der Waals surface area contributed by atoms with Gasteiger partial charge in [-0.25, -0.2) is 24.4 Å². The molecule has 0 saturated carbocycles. The zero-order valence-electron chi connectivity index (χ0n) is 30.9. The first-order valence-corrected chi connectivity index (χ1v) is 17.5. The summed E-state index contributed by atoms with van der Waals surface area (Å²) in [6.07, 6.45) is -0.972. The molecule has 5 N–H and O–H groups in total. The zero-order valence-corrected chi connectivity index (χ0v) is 31.6. The van der Waals surface area contributed by atoms with Gasteiger partial charge in [-0.1, -0.05) is 11.6 Å². The largest absolute Gasteiger partial charge is 0.493 e. The molecule has 0 atom stereocenters. The fraction of sp³-hybridized carbons (Fsp3) is 0.343. The fourth-order valence-electron chi connectivity index (χ4n) is 5.08. The number of carbonyl (C=O) groups excluding carboxylic acids is 1. The Morgan fingerprint density at radius 2 is 1.36 bits per heavy atom. The molecule has 1 saturated heterocycles. The Morgan fingerprint density at radius 3 is 1.92 bits per heavy atom. The summed E-state index contributed by atoms with van der Waals surface area (Å²) in [4.78, 5) is 62.6. The maximum Gasteiger partial charge on any atom is 0.490 e. The summed E-state index contributed by atoms with van der Waals surface area (Å²) in [5, 5.41) is 28.3. The van der Waals surface area contributed by atoms with Gasteiger partial charge in [0.2, 0.25) is 5.95 Å². The Bertz CT molecular complexity index is 2070. The van der Waals surface area contributed by atoms with Crippen LogP contribution in [0.25, 0.3) is 0 Å². The molecule has 2 aliphatic heterocycles. The topological polar surface area (TPSA) is 230 Å². The van der Waals surface area contributed by atoms with Gasteiger partial charge in [-0.15, -0.1) is 0 Å². The number of halogens is 10. The lowest BCUT2D eigenvalue weighted by molar-refractivity contribution is -0.193. The molecule has 330 valence electrons. The van der Waals surface area contributed by atoms with Crippen molar-refractivity contribution in [1.82, 2.24) is 29.8 Å². The first-order chi connectivity index (χ1) is 28.4. The van der Waals surface area contributed by atoms with Gasteiger partial charge in [0.25, 0.3) is 5.91 Å². The number of fused-ring (bicyclic) bond motifs is 6. The summed E-state index contributed by atoms with van der Waals surface area (Å²) in [6, 6.07) is 8.12. The number of carboxylic acids is 3. The van der Waals surface area contributed by atoms with E-state index in [2.05, 4.69) is 47.7 Å². The maximum atomic E-state index is 12.7. The van der Waals surface area contributed by atoms with Crippen LogP contribution in [0.15, 0.2) is 61.4 Å². The van der Waals surface area contributed by atoms with Gasteiger partial charge in [0.05, 0.1) is 30.9 Å². The zero-order chi connectivity index (χ0) is 45.5. The van der Waals surface area contributed by atoms with Crippen molar-refractivity contribution in [3.8, 4) is 5.75 Å². The van der Waals surface area contributed by atoms with Crippen LogP contribution in [0, 0.1) is 5.92 Å². The van der Waals surface area contributed by atoms with Crippen molar-refractivity contribution in [1.29, 1.82) is 0 Å². The summed E-state index contributed by atoms with van der Waals surface area (Å²) in [5.74, 6) is -5.99. The number of alkyl halides is 9. The number of carbonyl (C=O) groups is 4. The number of pyridine rings is 1. The minimum absolute atomic E-state index is 0.0486. The third kappa shape index (κ3) is 16.6. The van der Waals surface area contributed by atoms with E-state index in [1.54, 1.807) is 24.8 Å². The lowest BCUT2D eigenvalue weighted by Gasteiger charge is -2.31. The second-order valence-electron chi connectivity index (χ2n) is 12.4. The molecule has 0 unspecified atom stereocenters. The molecule has 61 heavy (non-hydrogen) atoms. The highest BCUT2D eigenvalue weighted by atomic mass is 35.5. The second kappa shape index (κ2) is 21.6. The van der Waals surface area contributed by atoms with Gasteiger partial charge >= 0.3 is 36.4 Å². The Morgan fingerprint density at radius 1 is 0.754 bits per heavy atom. The number of ether oxygens (including phenoxy) is 1. The lowest BCUT2D eigenvalue weighted by Crippen LogP contribution is -2.39. The predicted molar refractivity (Wildman–Crippen MR) is 194 cm³/mol. The molecule has 0 spiro atoms. The van der Waals surface area contributed by atoms with Crippen molar-refractivity contribution in [2.45, 2.75) is 50.6 Å². The summed E-state index contributed by atoms with van der Waals surface area (Å²) >= 11 is 6.38. The summed E-state index contributed by atoms with van der Waals surface area (Å²) in [5.41, 5.74) is 4.29. The molecular formula is C35H32ClF9N8O8. The number of amides is 1. The van der Waals surface area contributed by atoms with Crippen LogP contribution in [0.2, 0.25) is 5.02 Å². The number of likely N-dealkylation sites (tertiary alicyclic amines) is 1. The van der Waals surface area contributed by atoms with Gasteiger partial charge in [0.1, 0.15) is 16.5 Å². The highest BCUT2D eigenvalue weighted by Gasteiger charge is 2.39. The van der Waals surface area contributed by atoms with Crippen LogP contribution in [0.4, 0.5) is 62.7 Å². The van der Waals surface area contributed by atoms with Crippen LogP contribution >= 0.6 is 11.6 Å². The van der Waals surface area contributed by atoms with Crippen LogP contribution in [-0.4, -0.2) is 107 Å². The van der Waals surface area contributed by atoms with Gasteiger partial charge in [-0.05, 0) is 73.4 Å². The number of aromatic nitrogens is 5. The molecule has 0 aliphatic carbocycles. The maximum absolute atomic E-state index is 12.7. The quantitative estimate of drug-likeness (QED) is 0.126. The Hall–Kier alpha value is -6.53. The molecule has 16 nitrogen and oxygen atoms in total. The lowest BCUT2D eigenvalue weighted by atomic mass is 9.94. The molecule has 0 radical (unpaired) electrons. The number of piperidine rings is 1. The third-order valence-electron chi connectivity index (χ3n) is 8.00. The smallest absolute Gasteiger partial charge is 0.490 e. The SMILES string of the molecule is O=C(O)C(F)(F)F.O=C(O)C(F)(F)F.O=C(O)C(F)(F)F.O=C(c1cnccn1)N1CCC(CCOc2ccc3cc2CCc2cncc(c2)Nc2ncc(Cl)c(n2)N3)CC1. The number of hydrogen-bond acceptors (Lipinski definition) is 12. The van der Waals surface area contributed by atoms with Crippen LogP contribution < -0.4 is 15.4 Å². The average molecular weight is 899 g/mol. The van der Waals surface area contributed by atoms with Gasteiger partial charge in [-0.2, -0.15) is 44.5 Å². The van der Waals surface area contributed by atoms with Gasteiger partial charge in [0.15, 0.2) is 5.82 Å². The number of carboxylic acid groups (broad SMARTS) is 3. The van der Waals surface area contributed by atoms with E-state index in [0.717, 1.165) is 73.4 Å². The van der Waals surface area contributed by atoms with E-state index in [9.17, 15) is 44.3 Å². The minimum atomic E-state index is -5.08. The summed E-state index contributed by atoms with van der Waals surface area (Å²) in [7, 11) is 0. The molecule has 1 amide bonds. The van der Waals surface area contributed by atoms with Crippen molar-refractivity contribution in [3.05, 3.63) is 83.3 Å². The molecular weight excluding hydrogens is 867 g/mol. The number of aryl methyl sites for hydroxylation is 2. The number of aliphatic carboxylic acids is 3. The van der Waals surface area contributed by atoms with Gasteiger partial charge in [-0.3, -0.25) is 14.8 Å². The highest BCUT2D eigenvalue weighted by molar-refractivity contribution is 6.32. The minimum Gasteiger partial charge on any atom is -0.493 e. The van der Waals surface area contributed by atoms with E-state index in [0.29, 0.717) is 35.0 Å². The van der Waals surface area contributed by atoms with Crippen LogP contribution in [0.1, 0.15) is 40.9 Å².